The van der Waals surface area contributed by atoms with E-state index in [1.807, 2.05) is 36.1 Å². The highest BCUT2D eigenvalue weighted by Crippen LogP contribution is 2.35. The molecule has 0 unspecified atom stereocenters. The zero-order valence-corrected chi connectivity index (χ0v) is 19.9. The van der Waals surface area contributed by atoms with Crippen molar-refractivity contribution in [2.24, 2.45) is 0 Å². The lowest BCUT2D eigenvalue weighted by molar-refractivity contribution is 0.144. The van der Waals surface area contributed by atoms with Gasteiger partial charge >= 0.3 is 6.03 Å². The van der Waals surface area contributed by atoms with Gasteiger partial charge in [-0.05, 0) is 79.5 Å². The first-order valence-electron chi connectivity index (χ1n) is 12.0. The Labute approximate surface area is 201 Å². The molecule has 1 N–H and O–H groups in total. The maximum atomic E-state index is 13.5. The summed E-state index contributed by atoms with van der Waals surface area (Å²) in [5.74, 6) is 1.06. The fraction of sp³-hybridized carbons (Fsp3) is 0.345. The number of halogens is 1. The summed E-state index contributed by atoms with van der Waals surface area (Å²) in [6, 6.07) is 24.7. The maximum absolute atomic E-state index is 13.5. The van der Waals surface area contributed by atoms with Crippen molar-refractivity contribution < 1.29 is 13.9 Å². The van der Waals surface area contributed by atoms with Crippen molar-refractivity contribution in [2.75, 3.05) is 7.11 Å². The Kier molecular flexibility index (Phi) is 7.84. The molecule has 5 heteroatoms. The van der Waals surface area contributed by atoms with Crippen LogP contribution in [-0.4, -0.2) is 24.1 Å². The lowest BCUT2D eigenvalue weighted by atomic mass is 9.81. The van der Waals surface area contributed by atoms with Crippen molar-refractivity contribution in [3.8, 4) is 5.75 Å². The third-order valence-corrected chi connectivity index (χ3v) is 6.89. The minimum Gasteiger partial charge on any atom is -0.497 e. The van der Waals surface area contributed by atoms with E-state index < -0.39 is 0 Å². The van der Waals surface area contributed by atoms with E-state index in [9.17, 15) is 9.18 Å². The second-order valence-electron chi connectivity index (χ2n) is 9.11. The highest BCUT2D eigenvalue weighted by molar-refractivity contribution is 5.75. The van der Waals surface area contributed by atoms with Gasteiger partial charge in [0.1, 0.15) is 11.6 Å². The number of amides is 2. The highest BCUT2D eigenvalue weighted by atomic mass is 19.1. The first-order chi connectivity index (χ1) is 16.5. The van der Waals surface area contributed by atoms with Gasteiger partial charge in [0.15, 0.2) is 0 Å². The smallest absolute Gasteiger partial charge is 0.318 e. The molecule has 3 aromatic carbocycles. The lowest BCUT2D eigenvalue weighted by Gasteiger charge is -2.38. The number of ether oxygens (including phenoxy) is 1. The van der Waals surface area contributed by atoms with Crippen LogP contribution < -0.4 is 10.1 Å². The van der Waals surface area contributed by atoms with Crippen LogP contribution in [0.25, 0.3) is 0 Å². The van der Waals surface area contributed by atoms with Gasteiger partial charge in [0.2, 0.25) is 0 Å². The number of nitrogens with one attached hydrogen (secondary N) is 1. The maximum Gasteiger partial charge on any atom is 0.318 e. The molecule has 0 spiro atoms. The number of urea groups is 1. The lowest BCUT2D eigenvalue weighted by Crippen LogP contribution is -2.47. The molecule has 0 aliphatic heterocycles. The van der Waals surface area contributed by atoms with E-state index in [0.717, 1.165) is 42.6 Å². The van der Waals surface area contributed by atoms with Gasteiger partial charge in [0, 0.05) is 12.6 Å². The van der Waals surface area contributed by atoms with Gasteiger partial charge in [-0.1, -0.05) is 54.6 Å². The third-order valence-electron chi connectivity index (χ3n) is 6.89. The fourth-order valence-electron chi connectivity index (χ4n) is 4.84. The van der Waals surface area contributed by atoms with Crippen LogP contribution in [0.3, 0.4) is 0 Å². The standard InChI is InChI=1S/C29H33FN2O2/c1-21(23-10-14-26(30)15-11-23)31-29(33)32(20-22-8-18-28(34-2)19-9-22)27-16-12-25(13-17-27)24-6-4-3-5-7-24/h3-11,14-15,18-19,21,25,27H,12-13,16-17,20H2,1-2H3,(H,31,33)/t21-,25-,27-/m1/s1. The molecule has 3 aromatic rings. The molecule has 1 saturated carbocycles. The number of carbonyl (C=O) groups excluding carboxylic acids is 1. The molecule has 0 radical (unpaired) electrons. The van der Waals surface area contributed by atoms with E-state index in [4.69, 9.17) is 4.74 Å². The molecule has 34 heavy (non-hydrogen) atoms. The summed E-state index contributed by atoms with van der Waals surface area (Å²) in [6.45, 7) is 2.47. The van der Waals surface area contributed by atoms with Gasteiger partial charge < -0.3 is 15.0 Å². The second kappa shape index (κ2) is 11.2. The first kappa shape index (κ1) is 23.8. The molecule has 1 atom stereocenters. The number of rotatable bonds is 7. The zero-order chi connectivity index (χ0) is 23.9. The van der Waals surface area contributed by atoms with E-state index in [1.54, 1.807) is 19.2 Å². The topological polar surface area (TPSA) is 41.6 Å². The molecule has 0 heterocycles. The largest absolute Gasteiger partial charge is 0.497 e. The summed E-state index contributed by atoms with van der Waals surface area (Å²) in [5.41, 5.74) is 3.33. The minimum atomic E-state index is -0.279. The van der Waals surface area contributed by atoms with Crippen LogP contribution in [0.4, 0.5) is 9.18 Å². The Morgan fingerprint density at radius 2 is 1.62 bits per heavy atom. The molecule has 0 aromatic heterocycles. The average Bonchev–Trinajstić information content (AvgIpc) is 2.88. The van der Waals surface area contributed by atoms with Gasteiger partial charge in [0.25, 0.3) is 0 Å². The number of hydrogen-bond donors (Lipinski definition) is 1. The predicted molar refractivity (Wildman–Crippen MR) is 133 cm³/mol. The van der Waals surface area contributed by atoms with E-state index in [1.165, 1.54) is 17.7 Å². The highest BCUT2D eigenvalue weighted by Gasteiger charge is 2.30. The van der Waals surface area contributed by atoms with Crippen LogP contribution in [0.15, 0.2) is 78.9 Å². The fourth-order valence-corrected chi connectivity index (χ4v) is 4.84. The second-order valence-corrected chi connectivity index (χ2v) is 9.11. The molecule has 0 saturated heterocycles. The van der Waals surface area contributed by atoms with Gasteiger partial charge in [-0.25, -0.2) is 9.18 Å². The normalized spacial score (nSPS) is 18.7. The van der Waals surface area contributed by atoms with Crippen molar-refractivity contribution in [2.45, 2.75) is 57.2 Å². The molecule has 2 amide bonds. The summed E-state index contributed by atoms with van der Waals surface area (Å²) in [6.07, 6.45) is 4.06. The van der Waals surface area contributed by atoms with Crippen molar-refractivity contribution >= 4 is 6.03 Å². The van der Waals surface area contributed by atoms with E-state index >= 15 is 0 Å². The van der Waals surface area contributed by atoms with Gasteiger partial charge in [-0.15, -0.1) is 0 Å². The molecule has 178 valence electrons. The summed E-state index contributed by atoms with van der Waals surface area (Å²) < 4.78 is 18.6. The van der Waals surface area contributed by atoms with Crippen LogP contribution >= 0.6 is 0 Å². The SMILES string of the molecule is COc1ccc(CN(C(=O)N[C@H](C)c2ccc(F)cc2)[C@H]2CC[C@H](c3ccccc3)CC2)cc1. The molecule has 1 aliphatic carbocycles. The van der Waals surface area contributed by atoms with Gasteiger partial charge in [-0.2, -0.15) is 0 Å². The van der Waals surface area contributed by atoms with Crippen LogP contribution in [0.1, 0.15) is 61.3 Å². The number of methoxy groups -OCH3 is 1. The van der Waals surface area contributed by atoms with E-state index in [0.29, 0.717) is 12.5 Å². The predicted octanol–water partition coefficient (Wildman–Crippen LogP) is 6.83. The van der Waals surface area contributed by atoms with E-state index in [-0.39, 0.29) is 23.9 Å². The molecular formula is C29H33FN2O2. The number of nitrogens with zero attached hydrogens (tertiary/aromatic N) is 1. The molecular weight excluding hydrogens is 427 g/mol. The van der Waals surface area contributed by atoms with Crippen molar-refractivity contribution in [1.82, 2.24) is 10.2 Å². The van der Waals surface area contributed by atoms with Gasteiger partial charge in [-0.3, -0.25) is 0 Å². The number of carbonyl (C=O) groups is 1. The molecule has 4 nitrogen and oxygen atoms in total. The van der Waals surface area contributed by atoms with Crippen LogP contribution in [-0.2, 0) is 6.54 Å². The van der Waals surface area contributed by atoms with Crippen molar-refractivity contribution in [3.63, 3.8) is 0 Å². The third kappa shape index (κ3) is 5.96. The zero-order valence-electron chi connectivity index (χ0n) is 19.9. The Morgan fingerprint density at radius 3 is 2.24 bits per heavy atom. The summed E-state index contributed by atoms with van der Waals surface area (Å²) in [7, 11) is 1.65. The Bertz CT molecular complexity index is 1050. The molecule has 4 rings (SSSR count). The summed E-state index contributed by atoms with van der Waals surface area (Å²) in [5, 5.41) is 3.14. The average molecular weight is 461 g/mol. The number of hydrogen-bond acceptors (Lipinski definition) is 2. The van der Waals surface area contributed by atoms with Crippen LogP contribution in [0.5, 0.6) is 5.75 Å². The van der Waals surface area contributed by atoms with Crippen molar-refractivity contribution in [1.29, 1.82) is 0 Å². The first-order valence-corrected chi connectivity index (χ1v) is 12.0. The van der Waals surface area contributed by atoms with E-state index in [2.05, 4.69) is 35.6 Å². The molecule has 1 fully saturated rings. The quantitative estimate of drug-likeness (QED) is 0.420. The monoisotopic (exact) mass is 460 g/mol. The van der Waals surface area contributed by atoms with Crippen LogP contribution in [0.2, 0.25) is 0 Å². The minimum absolute atomic E-state index is 0.0872. The Balaban J connectivity index is 1.47. The number of benzene rings is 3. The summed E-state index contributed by atoms with van der Waals surface area (Å²) in [4.78, 5) is 15.5. The molecule has 0 bridgehead atoms. The Morgan fingerprint density at radius 1 is 0.971 bits per heavy atom. The summed E-state index contributed by atoms with van der Waals surface area (Å²) >= 11 is 0. The van der Waals surface area contributed by atoms with Crippen LogP contribution in [0, 0.1) is 5.82 Å². The van der Waals surface area contributed by atoms with Crippen molar-refractivity contribution in [3.05, 3.63) is 101 Å². The Hall–Kier alpha value is -3.34. The van der Waals surface area contributed by atoms with Gasteiger partial charge in [0.05, 0.1) is 13.2 Å². The molecule has 1 aliphatic rings.